The summed E-state index contributed by atoms with van der Waals surface area (Å²) in [5, 5.41) is 21.1. The van der Waals surface area contributed by atoms with Gasteiger partial charge >= 0.3 is 23.9 Å². The Morgan fingerprint density at radius 2 is 0.920 bits per heavy atom. The number of esters is 4. The van der Waals surface area contributed by atoms with E-state index >= 15 is 0 Å². The molecule has 0 atom stereocenters. The Labute approximate surface area is 290 Å². The van der Waals surface area contributed by atoms with Crippen LogP contribution in [0.15, 0.2) is 73.8 Å². The Kier molecular flexibility index (Phi) is 16.0. The van der Waals surface area contributed by atoms with Crippen molar-refractivity contribution >= 4 is 23.9 Å². The zero-order chi connectivity index (χ0) is 36.3. The Bertz CT molecular complexity index is 1470. The van der Waals surface area contributed by atoms with Crippen molar-refractivity contribution in [2.24, 2.45) is 7.05 Å². The van der Waals surface area contributed by atoms with Crippen LogP contribution >= 0.6 is 0 Å². The molecular formula is C37H43NO12. The molecule has 0 aliphatic heterocycles. The van der Waals surface area contributed by atoms with Gasteiger partial charge in [0.15, 0.2) is 0 Å². The lowest BCUT2D eigenvalue weighted by Crippen LogP contribution is -2.12. The summed E-state index contributed by atoms with van der Waals surface area (Å²) < 4.78 is 32.9. The first-order valence-electron chi connectivity index (χ1n) is 16.2. The predicted octanol–water partition coefficient (Wildman–Crippen LogP) is 6.21. The highest BCUT2D eigenvalue weighted by Gasteiger charge is 2.29. The van der Waals surface area contributed by atoms with Gasteiger partial charge in [0.25, 0.3) is 0 Å². The Morgan fingerprint density at radius 1 is 0.580 bits per heavy atom. The lowest BCUT2D eigenvalue weighted by molar-refractivity contribution is -0.138. The minimum atomic E-state index is -0.871. The largest absolute Gasteiger partial charge is 0.494 e. The van der Waals surface area contributed by atoms with Crippen molar-refractivity contribution in [3.63, 3.8) is 0 Å². The molecule has 0 saturated carbocycles. The van der Waals surface area contributed by atoms with Gasteiger partial charge in [0.1, 0.15) is 11.5 Å². The van der Waals surface area contributed by atoms with Crippen LogP contribution in [0.4, 0.5) is 0 Å². The van der Waals surface area contributed by atoms with Crippen LogP contribution in [0, 0.1) is 0 Å². The van der Waals surface area contributed by atoms with Gasteiger partial charge in [-0.1, -0.05) is 13.2 Å². The molecule has 268 valence electrons. The van der Waals surface area contributed by atoms with E-state index in [2.05, 4.69) is 13.2 Å². The van der Waals surface area contributed by atoms with Crippen LogP contribution < -0.4 is 18.9 Å². The molecule has 50 heavy (non-hydrogen) atoms. The second kappa shape index (κ2) is 20.6. The summed E-state index contributed by atoms with van der Waals surface area (Å²) in [5.74, 6) is -3.84. The van der Waals surface area contributed by atoms with Crippen molar-refractivity contribution in [1.82, 2.24) is 4.57 Å². The number of hydrogen-bond donors (Lipinski definition) is 2. The first kappa shape index (κ1) is 38.7. The van der Waals surface area contributed by atoms with Gasteiger partial charge in [0, 0.05) is 19.2 Å². The predicted molar refractivity (Wildman–Crippen MR) is 182 cm³/mol. The number of hydrogen-bond acceptors (Lipinski definition) is 12. The number of nitrogens with zero attached hydrogens (tertiary/aromatic N) is 1. The molecule has 1 heterocycles. The number of ether oxygens (including phenoxy) is 6. The van der Waals surface area contributed by atoms with Crippen LogP contribution in [0.1, 0.15) is 72.1 Å². The maximum atomic E-state index is 12.9. The van der Waals surface area contributed by atoms with Crippen molar-refractivity contribution in [3.8, 4) is 34.8 Å². The van der Waals surface area contributed by atoms with Crippen LogP contribution in [0.2, 0.25) is 0 Å². The average molecular weight is 694 g/mol. The molecule has 3 aromatic rings. The van der Waals surface area contributed by atoms with Crippen LogP contribution in [0.5, 0.6) is 34.8 Å². The lowest BCUT2D eigenvalue weighted by atomic mass is 10.2. The minimum Gasteiger partial charge on any atom is -0.494 e. The average Bonchev–Trinajstić information content (AvgIpc) is 3.32. The minimum absolute atomic E-state index is 0.121. The third-order valence-electron chi connectivity index (χ3n) is 7.25. The van der Waals surface area contributed by atoms with Crippen LogP contribution in [-0.2, 0) is 26.1 Å². The maximum Gasteiger partial charge on any atom is 0.343 e. The number of carbonyl (C=O) groups is 4. The normalized spacial score (nSPS) is 10.5. The quantitative estimate of drug-likeness (QED) is 0.0694. The van der Waals surface area contributed by atoms with Crippen LogP contribution in [-0.4, -0.2) is 65.1 Å². The highest BCUT2D eigenvalue weighted by molar-refractivity contribution is 5.94. The molecule has 0 aliphatic rings. The molecule has 0 aliphatic carbocycles. The van der Waals surface area contributed by atoms with Crippen molar-refractivity contribution < 1.29 is 57.8 Å². The first-order chi connectivity index (χ1) is 24.1. The van der Waals surface area contributed by atoms with Gasteiger partial charge in [0.05, 0.1) is 37.6 Å². The van der Waals surface area contributed by atoms with E-state index in [4.69, 9.17) is 28.4 Å². The molecule has 2 aromatic carbocycles. The molecule has 13 heteroatoms. The topological polar surface area (TPSA) is 169 Å². The summed E-state index contributed by atoms with van der Waals surface area (Å²) in [6.45, 7) is 8.30. The van der Waals surface area contributed by atoms with Gasteiger partial charge < -0.3 is 38.6 Å². The maximum absolute atomic E-state index is 12.9. The smallest absolute Gasteiger partial charge is 0.343 e. The molecule has 1 aromatic heterocycles. The van der Waals surface area contributed by atoms with Gasteiger partial charge in [-0.3, -0.25) is 4.57 Å². The summed E-state index contributed by atoms with van der Waals surface area (Å²) >= 11 is 0. The summed E-state index contributed by atoms with van der Waals surface area (Å²) in [6.07, 6.45) is 8.86. The Hall–Kier alpha value is -5.72. The number of aromatic nitrogens is 1. The van der Waals surface area contributed by atoms with E-state index in [9.17, 15) is 29.4 Å². The Morgan fingerprint density at radius 3 is 1.26 bits per heavy atom. The number of benzene rings is 2. The molecule has 0 unspecified atom stereocenters. The summed E-state index contributed by atoms with van der Waals surface area (Å²) in [4.78, 5) is 47.9. The molecule has 0 amide bonds. The van der Waals surface area contributed by atoms with E-state index in [0.717, 1.165) is 68.1 Å². The molecule has 13 nitrogen and oxygen atoms in total. The van der Waals surface area contributed by atoms with Crippen molar-refractivity contribution in [2.75, 3.05) is 26.4 Å². The molecular weight excluding hydrogens is 650 g/mol. The Balaban J connectivity index is 1.46. The molecule has 3 rings (SSSR count). The zero-order valence-electron chi connectivity index (χ0n) is 28.1. The van der Waals surface area contributed by atoms with E-state index < -0.39 is 47.1 Å². The number of aromatic hydroxyl groups is 2. The second-order valence-corrected chi connectivity index (χ2v) is 11.0. The molecule has 0 radical (unpaired) electrons. The summed E-state index contributed by atoms with van der Waals surface area (Å²) in [6, 6.07) is 12.3. The van der Waals surface area contributed by atoms with Crippen LogP contribution in [0.25, 0.3) is 0 Å². The zero-order valence-corrected chi connectivity index (χ0v) is 28.1. The van der Waals surface area contributed by atoms with Gasteiger partial charge in [-0.15, -0.1) is 0 Å². The van der Waals surface area contributed by atoms with Gasteiger partial charge in [-0.05, 0) is 99.9 Å². The summed E-state index contributed by atoms with van der Waals surface area (Å²) in [7, 11) is 1.30. The van der Waals surface area contributed by atoms with Gasteiger partial charge in [0.2, 0.25) is 23.3 Å². The van der Waals surface area contributed by atoms with E-state index in [0.29, 0.717) is 37.9 Å². The number of carbonyl (C=O) groups excluding carboxylic acids is 4. The highest BCUT2D eigenvalue weighted by atomic mass is 16.6. The van der Waals surface area contributed by atoms with Gasteiger partial charge in [-0.25, -0.2) is 19.2 Å². The SMILES string of the molecule is C=CC(=O)OCCCCCCOc1ccc(C(=O)Oc2c(OC(=O)c3ccc(OCCCCCCOC(=O)C=C)cc3)c(O)n(C)c2O)cc1. The van der Waals surface area contributed by atoms with Crippen LogP contribution in [0.3, 0.4) is 0 Å². The molecule has 0 spiro atoms. The fraction of sp³-hybridized carbons (Fsp3) is 0.351. The monoisotopic (exact) mass is 693 g/mol. The number of rotatable bonds is 22. The van der Waals surface area contributed by atoms with Gasteiger partial charge in [-0.2, -0.15) is 0 Å². The first-order valence-corrected chi connectivity index (χ1v) is 16.2. The molecule has 0 bridgehead atoms. The van der Waals surface area contributed by atoms with Crippen molar-refractivity contribution in [2.45, 2.75) is 51.4 Å². The van der Waals surface area contributed by atoms with Crippen molar-refractivity contribution in [3.05, 3.63) is 85.0 Å². The second-order valence-electron chi connectivity index (χ2n) is 11.0. The molecule has 2 N–H and O–H groups in total. The third-order valence-corrected chi connectivity index (χ3v) is 7.25. The summed E-state index contributed by atoms with van der Waals surface area (Å²) in [5.41, 5.74) is 0.243. The standard InChI is InChI=1S/C37H43NO12/c1-4-30(39)47-24-12-8-6-10-22-45-28-18-14-26(15-19-28)36(43)49-32-33(35(42)38(3)34(32)41)50-37(44)27-16-20-29(21-17-27)46-23-11-7-9-13-25-48-31(40)5-2/h4-5,14-21,41-42H,1-2,6-13,22-25H2,3H3. The third kappa shape index (κ3) is 12.4. The fourth-order valence-electron chi connectivity index (χ4n) is 4.43. The lowest BCUT2D eigenvalue weighted by Gasteiger charge is -2.09. The number of unbranched alkanes of at least 4 members (excludes halogenated alkanes) is 6. The van der Waals surface area contributed by atoms with E-state index in [1.54, 1.807) is 24.3 Å². The van der Waals surface area contributed by atoms with E-state index in [1.165, 1.54) is 31.3 Å². The highest BCUT2D eigenvalue weighted by Crippen LogP contribution is 2.47. The molecule has 0 saturated heterocycles. The van der Waals surface area contributed by atoms with E-state index in [1.807, 2.05) is 0 Å². The van der Waals surface area contributed by atoms with E-state index in [-0.39, 0.29) is 11.1 Å². The van der Waals surface area contributed by atoms with Crippen molar-refractivity contribution in [1.29, 1.82) is 0 Å². The molecule has 0 fully saturated rings. The fourth-order valence-corrected chi connectivity index (χ4v) is 4.43.